The van der Waals surface area contributed by atoms with Gasteiger partial charge in [-0.3, -0.25) is 14.4 Å². The van der Waals surface area contributed by atoms with Crippen LogP contribution in [0.3, 0.4) is 0 Å². The zero-order valence-electron chi connectivity index (χ0n) is 16.0. The molecule has 0 aliphatic heterocycles. The quantitative estimate of drug-likeness (QED) is 0.697. The Morgan fingerprint density at radius 1 is 1.04 bits per heavy atom. The Labute approximate surface area is 169 Å². The van der Waals surface area contributed by atoms with Gasteiger partial charge in [0.2, 0.25) is 5.91 Å². The Morgan fingerprint density at radius 3 is 2.21 bits per heavy atom. The molecule has 0 saturated heterocycles. The van der Waals surface area contributed by atoms with E-state index in [0.29, 0.717) is 16.1 Å². The molecule has 28 heavy (non-hydrogen) atoms. The molecule has 0 heterocycles. The molecule has 0 radical (unpaired) electrons. The molecule has 2 rings (SSSR count). The molecule has 0 saturated carbocycles. The molecule has 0 bridgehead atoms. The van der Waals surface area contributed by atoms with Crippen molar-refractivity contribution < 1.29 is 19.1 Å². The number of carbonyl (C=O) groups excluding carboxylic acids is 3. The van der Waals surface area contributed by atoms with Crippen molar-refractivity contribution in [2.24, 2.45) is 0 Å². The molecular formula is C21H23ClN2O4. The van der Waals surface area contributed by atoms with Crippen LogP contribution in [0.1, 0.15) is 39.5 Å². The van der Waals surface area contributed by atoms with Gasteiger partial charge in [0.1, 0.15) is 0 Å². The Bertz CT molecular complexity index is 845. The van der Waals surface area contributed by atoms with Crippen LogP contribution < -0.4 is 10.6 Å². The number of aryl methyl sites for hydroxylation is 2. The van der Waals surface area contributed by atoms with Crippen LogP contribution >= 0.6 is 11.6 Å². The molecule has 1 unspecified atom stereocenters. The zero-order valence-corrected chi connectivity index (χ0v) is 16.8. The molecule has 2 aromatic rings. The molecule has 7 heteroatoms. The summed E-state index contributed by atoms with van der Waals surface area (Å²) in [6.45, 7) is 3.59. The van der Waals surface area contributed by atoms with Gasteiger partial charge in [0.25, 0.3) is 5.91 Å². The first-order chi connectivity index (χ1) is 13.3. The van der Waals surface area contributed by atoms with Crippen LogP contribution in [0.25, 0.3) is 0 Å². The maximum absolute atomic E-state index is 12.3. The van der Waals surface area contributed by atoms with Crippen molar-refractivity contribution >= 4 is 29.4 Å². The standard InChI is InChI=1S/C21H23ClN2O4/c1-13-8-14(2)10-16(9-13)21(27)23-12-19(25)24-18(11-20(26)28-3)15-4-6-17(22)7-5-15/h4-10,18H,11-12H2,1-3H3,(H,23,27)(H,24,25). The van der Waals surface area contributed by atoms with Crippen molar-refractivity contribution in [3.63, 3.8) is 0 Å². The van der Waals surface area contributed by atoms with E-state index < -0.39 is 17.9 Å². The monoisotopic (exact) mass is 402 g/mol. The van der Waals surface area contributed by atoms with E-state index in [2.05, 4.69) is 10.6 Å². The van der Waals surface area contributed by atoms with Crippen LogP contribution in [0.15, 0.2) is 42.5 Å². The van der Waals surface area contributed by atoms with Crippen LogP contribution in [-0.4, -0.2) is 31.4 Å². The largest absolute Gasteiger partial charge is 0.469 e. The fourth-order valence-electron chi connectivity index (χ4n) is 2.81. The van der Waals surface area contributed by atoms with Crippen LogP contribution in [0, 0.1) is 13.8 Å². The van der Waals surface area contributed by atoms with Gasteiger partial charge in [0.15, 0.2) is 0 Å². The van der Waals surface area contributed by atoms with E-state index in [0.717, 1.165) is 11.1 Å². The summed E-state index contributed by atoms with van der Waals surface area (Å²) in [6.07, 6.45) is -0.0328. The molecule has 1 atom stereocenters. The van der Waals surface area contributed by atoms with E-state index in [-0.39, 0.29) is 18.9 Å². The predicted molar refractivity (Wildman–Crippen MR) is 107 cm³/mol. The number of amides is 2. The lowest BCUT2D eigenvalue weighted by Gasteiger charge is -2.18. The second kappa shape index (κ2) is 9.90. The number of rotatable bonds is 7. The third kappa shape index (κ3) is 6.39. The van der Waals surface area contributed by atoms with Crippen molar-refractivity contribution in [3.05, 3.63) is 69.7 Å². The summed E-state index contributed by atoms with van der Waals surface area (Å²) in [5.74, 6) is -1.21. The Hall–Kier alpha value is -2.86. The van der Waals surface area contributed by atoms with E-state index in [9.17, 15) is 14.4 Å². The summed E-state index contributed by atoms with van der Waals surface area (Å²) in [7, 11) is 1.28. The van der Waals surface area contributed by atoms with Gasteiger partial charge in [-0.2, -0.15) is 0 Å². The minimum absolute atomic E-state index is 0.0328. The summed E-state index contributed by atoms with van der Waals surface area (Å²) < 4.78 is 4.70. The highest BCUT2D eigenvalue weighted by Gasteiger charge is 2.19. The number of ether oxygens (including phenoxy) is 1. The van der Waals surface area contributed by atoms with Gasteiger partial charge in [-0.05, 0) is 43.7 Å². The van der Waals surface area contributed by atoms with Crippen molar-refractivity contribution in [2.45, 2.75) is 26.3 Å². The van der Waals surface area contributed by atoms with Gasteiger partial charge >= 0.3 is 5.97 Å². The molecule has 2 amide bonds. The number of halogens is 1. The fraction of sp³-hybridized carbons (Fsp3) is 0.286. The fourth-order valence-corrected chi connectivity index (χ4v) is 2.94. The summed E-state index contributed by atoms with van der Waals surface area (Å²) in [6, 6.07) is 11.7. The van der Waals surface area contributed by atoms with Gasteiger partial charge in [-0.15, -0.1) is 0 Å². The topological polar surface area (TPSA) is 84.5 Å². The van der Waals surface area contributed by atoms with E-state index in [1.54, 1.807) is 36.4 Å². The van der Waals surface area contributed by atoms with E-state index in [1.807, 2.05) is 19.9 Å². The molecule has 0 aliphatic rings. The molecule has 2 aromatic carbocycles. The van der Waals surface area contributed by atoms with Gasteiger partial charge < -0.3 is 15.4 Å². The Kier molecular flexibility index (Phi) is 7.58. The minimum atomic E-state index is -0.588. The zero-order chi connectivity index (χ0) is 20.7. The van der Waals surface area contributed by atoms with Crippen molar-refractivity contribution in [1.29, 1.82) is 0 Å². The van der Waals surface area contributed by atoms with Gasteiger partial charge in [0.05, 0.1) is 26.1 Å². The maximum Gasteiger partial charge on any atom is 0.307 e. The number of benzene rings is 2. The summed E-state index contributed by atoms with van der Waals surface area (Å²) in [5, 5.41) is 5.90. The smallest absolute Gasteiger partial charge is 0.307 e. The van der Waals surface area contributed by atoms with Crippen molar-refractivity contribution in [2.75, 3.05) is 13.7 Å². The first-order valence-corrected chi connectivity index (χ1v) is 9.14. The summed E-state index contributed by atoms with van der Waals surface area (Å²) in [5.41, 5.74) is 3.14. The second-order valence-corrected chi connectivity index (χ2v) is 6.95. The van der Waals surface area contributed by atoms with Gasteiger partial charge in [-0.25, -0.2) is 0 Å². The minimum Gasteiger partial charge on any atom is -0.469 e. The molecule has 2 N–H and O–H groups in total. The van der Waals surface area contributed by atoms with Crippen molar-refractivity contribution in [3.8, 4) is 0 Å². The van der Waals surface area contributed by atoms with E-state index in [4.69, 9.17) is 16.3 Å². The van der Waals surface area contributed by atoms with Gasteiger partial charge in [-0.1, -0.05) is 40.9 Å². The molecule has 0 spiro atoms. The van der Waals surface area contributed by atoms with Crippen LogP contribution in [0.5, 0.6) is 0 Å². The number of hydrogen-bond acceptors (Lipinski definition) is 4. The number of nitrogens with one attached hydrogen (secondary N) is 2. The van der Waals surface area contributed by atoms with Gasteiger partial charge in [0, 0.05) is 10.6 Å². The molecule has 6 nitrogen and oxygen atoms in total. The van der Waals surface area contributed by atoms with E-state index in [1.165, 1.54) is 7.11 Å². The SMILES string of the molecule is COC(=O)CC(NC(=O)CNC(=O)c1cc(C)cc(C)c1)c1ccc(Cl)cc1. The highest BCUT2D eigenvalue weighted by atomic mass is 35.5. The molecule has 148 valence electrons. The lowest BCUT2D eigenvalue weighted by atomic mass is 10.0. The Morgan fingerprint density at radius 2 is 1.64 bits per heavy atom. The normalized spacial score (nSPS) is 11.4. The first kappa shape index (κ1) is 21.4. The predicted octanol–water partition coefficient (Wildman–Crippen LogP) is 3.11. The molecule has 0 fully saturated rings. The van der Waals surface area contributed by atoms with Crippen molar-refractivity contribution in [1.82, 2.24) is 10.6 Å². The average Bonchev–Trinajstić information content (AvgIpc) is 2.65. The number of hydrogen-bond donors (Lipinski definition) is 2. The summed E-state index contributed by atoms with van der Waals surface area (Å²) in [4.78, 5) is 36.3. The number of methoxy groups -OCH3 is 1. The van der Waals surface area contributed by atoms with Crippen LogP contribution in [0.2, 0.25) is 5.02 Å². The average molecular weight is 403 g/mol. The maximum atomic E-state index is 12.3. The second-order valence-electron chi connectivity index (χ2n) is 6.51. The number of carbonyl (C=O) groups is 3. The first-order valence-electron chi connectivity index (χ1n) is 8.76. The van der Waals surface area contributed by atoms with Crippen LogP contribution in [-0.2, 0) is 14.3 Å². The molecule has 0 aromatic heterocycles. The van der Waals surface area contributed by atoms with E-state index >= 15 is 0 Å². The third-order valence-corrected chi connectivity index (χ3v) is 4.35. The molecule has 0 aliphatic carbocycles. The third-order valence-electron chi connectivity index (χ3n) is 4.10. The highest BCUT2D eigenvalue weighted by Crippen LogP contribution is 2.20. The lowest BCUT2D eigenvalue weighted by molar-refractivity contribution is -0.141. The van der Waals surface area contributed by atoms with Crippen LogP contribution in [0.4, 0.5) is 0 Å². The Balaban J connectivity index is 2.01. The summed E-state index contributed by atoms with van der Waals surface area (Å²) >= 11 is 5.89. The highest BCUT2D eigenvalue weighted by molar-refractivity contribution is 6.30. The number of esters is 1. The lowest BCUT2D eigenvalue weighted by Crippen LogP contribution is -2.39. The molecular weight excluding hydrogens is 380 g/mol.